The Bertz CT molecular complexity index is 557. The van der Waals surface area contributed by atoms with Crippen molar-refractivity contribution < 1.29 is 0 Å². The summed E-state index contributed by atoms with van der Waals surface area (Å²) in [5.74, 6) is 1.57. The zero-order chi connectivity index (χ0) is 13.8. The van der Waals surface area contributed by atoms with Gasteiger partial charge in [-0.25, -0.2) is 0 Å². The van der Waals surface area contributed by atoms with Gasteiger partial charge in [0.1, 0.15) is 0 Å². The van der Waals surface area contributed by atoms with E-state index in [0.717, 1.165) is 44.2 Å². The number of nitrogens with one attached hydrogen (secondary N) is 1. The highest BCUT2D eigenvalue weighted by molar-refractivity contribution is 5.27. The van der Waals surface area contributed by atoms with Crippen molar-refractivity contribution in [3.63, 3.8) is 0 Å². The molecule has 1 saturated heterocycles. The summed E-state index contributed by atoms with van der Waals surface area (Å²) < 4.78 is 0. The van der Waals surface area contributed by atoms with E-state index in [-0.39, 0.29) is 0 Å². The van der Waals surface area contributed by atoms with Crippen molar-refractivity contribution in [1.82, 2.24) is 25.5 Å². The van der Waals surface area contributed by atoms with Crippen molar-refractivity contribution in [3.05, 3.63) is 41.2 Å². The van der Waals surface area contributed by atoms with Crippen molar-refractivity contribution >= 4 is 0 Å². The average molecular weight is 271 g/mol. The second kappa shape index (κ2) is 6.13. The first-order valence-electron chi connectivity index (χ1n) is 7.33. The fourth-order valence-electron chi connectivity index (χ4n) is 2.68. The average Bonchev–Trinajstić information content (AvgIpc) is 3.10. The maximum atomic E-state index is 4.48. The highest BCUT2D eigenvalue weighted by Crippen LogP contribution is 2.13. The van der Waals surface area contributed by atoms with Crippen molar-refractivity contribution in [2.45, 2.75) is 32.7 Å². The van der Waals surface area contributed by atoms with Crippen molar-refractivity contribution in [3.8, 4) is 0 Å². The molecule has 2 heterocycles. The minimum atomic E-state index is 0.762. The summed E-state index contributed by atoms with van der Waals surface area (Å²) in [6, 6.07) is 8.35. The Morgan fingerprint density at radius 1 is 1.35 bits per heavy atom. The van der Waals surface area contributed by atoms with E-state index in [9.17, 15) is 0 Å². The fraction of sp³-hybridized carbons (Fsp3) is 0.533. The van der Waals surface area contributed by atoms with Gasteiger partial charge in [-0.05, 0) is 55.1 Å². The minimum Gasteiger partial charge on any atom is -0.316 e. The lowest BCUT2D eigenvalue weighted by atomic mass is 10.1. The summed E-state index contributed by atoms with van der Waals surface area (Å²) in [6.07, 6.45) is 3.16. The standard InChI is InChI=1S/C15H21N5/c1-12-4-2-3-5-14(12)10-15-17-19-20(18-15)9-7-13-6-8-16-11-13/h2-5,13,16H,6-11H2,1H3. The zero-order valence-corrected chi connectivity index (χ0v) is 11.9. The van der Waals surface area contributed by atoms with Crippen LogP contribution in [0, 0.1) is 12.8 Å². The van der Waals surface area contributed by atoms with Gasteiger partial charge in [-0.15, -0.1) is 10.2 Å². The molecule has 5 heteroatoms. The van der Waals surface area contributed by atoms with Crippen LogP contribution in [0.2, 0.25) is 0 Å². The van der Waals surface area contributed by atoms with E-state index in [0.29, 0.717) is 0 Å². The number of rotatable bonds is 5. The van der Waals surface area contributed by atoms with Crippen molar-refractivity contribution in [1.29, 1.82) is 0 Å². The van der Waals surface area contributed by atoms with E-state index >= 15 is 0 Å². The molecule has 0 saturated carbocycles. The smallest absolute Gasteiger partial charge is 0.179 e. The number of hydrogen-bond acceptors (Lipinski definition) is 4. The summed E-state index contributed by atoms with van der Waals surface area (Å²) in [5.41, 5.74) is 2.55. The molecule has 1 unspecified atom stereocenters. The Kier molecular flexibility index (Phi) is 4.06. The quantitative estimate of drug-likeness (QED) is 0.897. The Labute approximate surface area is 119 Å². The Morgan fingerprint density at radius 3 is 3.05 bits per heavy atom. The van der Waals surface area contributed by atoms with E-state index in [1.54, 1.807) is 4.80 Å². The Morgan fingerprint density at radius 2 is 2.25 bits per heavy atom. The van der Waals surface area contributed by atoms with Gasteiger partial charge in [-0.3, -0.25) is 0 Å². The van der Waals surface area contributed by atoms with Gasteiger partial charge in [0.2, 0.25) is 0 Å². The molecule has 1 atom stereocenters. The van der Waals surface area contributed by atoms with Gasteiger partial charge < -0.3 is 5.32 Å². The highest BCUT2D eigenvalue weighted by atomic mass is 15.6. The van der Waals surface area contributed by atoms with Gasteiger partial charge in [0.25, 0.3) is 0 Å². The van der Waals surface area contributed by atoms with Crippen LogP contribution in [-0.2, 0) is 13.0 Å². The first-order valence-corrected chi connectivity index (χ1v) is 7.33. The Balaban J connectivity index is 1.57. The largest absolute Gasteiger partial charge is 0.316 e. The second-order valence-corrected chi connectivity index (χ2v) is 5.55. The molecular weight excluding hydrogens is 250 g/mol. The third kappa shape index (κ3) is 3.22. The molecule has 1 aromatic carbocycles. The molecule has 5 nitrogen and oxygen atoms in total. The van der Waals surface area contributed by atoms with E-state index in [4.69, 9.17) is 0 Å². The highest BCUT2D eigenvalue weighted by Gasteiger charge is 2.14. The van der Waals surface area contributed by atoms with Crippen LogP contribution in [0.5, 0.6) is 0 Å². The van der Waals surface area contributed by atoms with Crippen LogP contribution in [0.3, 0.4) is 0 Å². The lowest BCUT2D eigenvalue weighted by Gasteiger charge is -2.05. The number of hydrogen-bond donors (Lipinski definition) is 1. The Hall–Kier alpha value is -1.75. The monoisotopic (exact) mass is 271 g/mol. The summed E-state index contributed by atoms with van der Waals surface area (Å²) in [6.45, 7) is 5.26. The molecule has 0 bridgehead atoms. The number of aryl methyl sites for hydroxylation is 2. The van der Waals surface area contributed by atoms with Crippen molar-refractivity contribution in [2.24, 2.45) is 5.92 Å². The van der Waals surface area contributed by atoms with Crippen molar-refractivity contribution in [2.75, 3.05) is 13.1 Å². The number of nitrogens with zero attached hydrogens (tertiary/aromatic N) is 4. The predicted molar refractivity (Wildman–Crippen MR) is 77.4 cm³/mol. The van der Waals surface area contributed by atoms with Gasteiger partial charge in [-0.1, -0.05) is 24.3 Å². The topological polar surface area (TPSA) is 55.6 Å². The van der Waals surface area contributed by atoms with E-state index < -0.39 is 0 Å². The fourth-order valence-corrected chi connectivity index (χ4v) is 2.68. The number of aromatic nitrogens is 4. The summed E-state index contributed by atoms with van der Waals surface area (Å²) in [4.78, 5) is 1.74. The second-order valence-electron chi connectivity index (χ2n) is 5.55. The zero-order valence-electron chi connectivity index (χ0n) is 11.9. The molecular formula is C15H21N5. The van der Waals surface area contributed by atoms with Crippen LogP contribution < -0.4 is 5.32 Å². The summed E-state index contributed by atoms with van der Waals surface area (Å²) in [5, 5.41) is 16.2. The molecule has 2 aromatic rings. The maximum Gasteiger partial charge on any atom is 0.179 e. The molecule has 106 valence electrons. The molecule has 1 aromatic heterocycles. The molecule has 0 aliphatic carbocycles. The molecule has 1 fully saturated rings. The maximum absolute atomic E-state index is 4.48. The van der Waals surface area contributed by atoms with Crippen LogP contribution in [0.1, 0.15) is 29.8 Å². The molecule has 1 N–H and O–H groups in total. The lowest BCUT2D eigenvalue weighted by Crippen LogP contribution is -2.12. The first-order chi connectivity index (χ1) is 9.81. The van der Waals surface area contributed by atoms with E-state index in [1.807, 2.05) is 0 Å². The minimum absolute atomic E-state index is 0.762. The van der Waals surface area contributed by atoms with Crippen LogP contribution >= 0.6 is 0 Å². The van der Waals surface area contributed by atoms with Gasteiger partial charge >= 0.3 is 0 Å². The molecule has 0 radical (unpaired) electrons. The number of benzene rings is 1. The molecule has 1 aliphatic heterocycles. The summed E-state index contributed by atoms with van der Waals surface area (Å²) >= 11 is 0. The van der Waals surface area contributed by atoms with Gasteiger partial charge in [0.05, 0.1) is 6.54 Å². The number of tetrazole rings is 1. The molecule has 3 rings (SSSR count). The van der Waals surface area contributed by atoms with Gasteiger partial charge in [-0.2, -0.15) is 4.80 Å². The normalized spacial score (nSPS) is 18.6. The van der Waals surface area contributed by atoms with Gasteiger partial charge in [0.15, 0.2) is 5.82 Å². The van der Waals surface area contributed by atoms with Crippen LogP contribution in [-0.4, -0.2) is 33.3 Å². The SMILES string of the molecule is Cc1ccccc1Cc1nnn(CCC2CCNC2)n1. The van der Waals surface area contributed by atoms with Crippen LogP contribution in [0.4, 0.5) is 0 Å². The molecule has 1 aliphatic rings. The van der Waals surface area contributed by atoms with E-state index in [1.165, 1.54) is 17.5 Å². The van der Waals surface area contributed by atoms with Gasteiger partial charge in [0, 0.05) is 6.42 Å². The lowest BCUT2D eigenvalue weighted by molar-refractivity contribution is 0.422. The van der Waals surface area contributed by atoms with E-state index in [2.05, 4.69) is 51.9 Å². The summed E-state index contributed by atoms with van der Waals surface area (Å²) in [7, 11) is 0. The first kappa shape index (κ1) is 13.2. The van der Waals surface area contributed by atoms with Crippen LogP contribution in [0.15, 0.2) is 24.3 Å². The predicted octanol–water partition coefficient (Wildman–Crippen LogP) is 1.57. The third-order valence-electron chi connectivity index (χ3n) is 4.00. The third-order valence-corrected chi connectivity index (χ3v) is 4.00. The molecule has 20 heavy (non-hydrogen) atoms. The van der Waals surface area contributed by atoms with Crippen LogP contribution in [0.25, 0.3) is 0 Å². The molecule has 0 spiro atoms. The molecule has 0 amide bonds.